The van der Waals surface area contributed by atoms with Crippen LogP contribution in [0.3, 0.4) is 0 Å². The number of hydrogen-bond donors (Lipinski definition) is 2. The van der Waals surface area contributed by atoms with Crippen LogP contribution in [0, 0.1) is 13.8 Å². The number of benzene rings is 3. The van der Waals surface area contributed by atoms with E-state index in [-0.39, 0.29) is 11.8 Å². The molecule has 0 saturated heterocycles. The molecule has 0 saturated carbocycles. The number of carbonyl (C=O) groups is 2. The summed E-state index contributed by atoms with van der Waals surface area (Å²) in [5.41, 5.74) is 4.49. The van der Waals surface area contributed by atoms with Gasteiger partial charge in [-0.1, -0.05) is 12.1 Å². The Morgan fingerprint density at radius 1 is 0.793 bits per heavy atom. The monoisotopic (exact) mass is 388 g/mol. The molecule has 0 aromatic heterocycles. The van der Waals surface area contributed by atoms with Gasteiger partial charge in [0.1, 0.15) is 5.75 Å². The fourth-order valence-electron chi connectivity index (χ4n) is 2.90. The van der Waals surface area contributed by atoms with E-state index in [0.717, 1.165) is 16.9 Å². The summed E-state index contributed by atoms with van der Waals surface area (Å²) in [6, 6.07) is 19.7. The Hall–Kier alpha value is -3.60. The molecule has 2 N–H and O–H groups in total. The fourth-order valence-corrected chi connectivity index (χ4v) is 2.90. The molecule has 0 heterocycles. The Kier molecular flexibility index (Phi) is 6.29. The molecule has 0 aliphatic carbocycles. The van der Waals surface area contributed by atoms with Crippen molar-refractivity contribution in [2.24, 2.45) is 0 Å². The van der Waals surface area contributed by atoms with Crippen molar-refractivity contribution < 1.29 is 14.3 Å². The molecule has 5 nitrogen and oxygen atoms in total. The Morgan fingerprint density at radius 2 is 1.38 bits per heavy atom. The molecule has 0 radical (unpaired) electrons. The molecule has 0 aliphatic rings. The molecule has 0 atom stereocenters. The summed E-state index contributed by atoms with van der Waals surface area (Å²) >= 11 is 0. The maximum Gasteiger partial charge on any atom is 0.255 e. The number of aryl methyl sites for hydroxylation is 1. The van der Waals surface area contributed by atoms with Crippen LogP contribution in [-0.2, 0) is 0 Å². The highest BCUT2D eigenvalue weighted by molar-refractivity contribution is 6.07. The summed E-state index contributed by atoms with van der Waals surface area (Å²) in [6.45, 7) is 6.42. The van der Waals surface area contributed by atoms with Crippen molar-refractivity contribution in [2.75, 3.05) is 17.2 Å². The van der Waals surface area contributed by atoms with Gasteiger partial charge in [-0.25, -0.2) is 0 Å². The van der Waals surface area contributed by atoms with Gasteiger partial charge in [0.25, 0.3) is 11.8 Å². The lowest BCUT2D eigenvalue weighted by atomic mass is 10.0. The van der Waals surface area contributed by atoms with Gasteiger partial charge in [0.2, 0.25) is 0 Å². The minimum Gasteiger partial charge on any atom is -0.494 e. The topological polar surface area (TPSA) is 67.4 Å². The summed E-state index contributed by atoms with van der Waals surface area (Å²) in [5, 5.41) is 5.72. The summed E-state index contributed by atoms with van der Waals surface area (Å²) in [6.07, 6.45) is 0. The maximum absolute atomic E-state index is 12.5. The fraction of sp³-hybridized carbons (Fsp3) is 0.167. The molecule has 148 valence electrons. The second kappa shape index (κ2) is 9.06. The van der Waals surface area contributed by atoms with Gasteiger partial charge in [-0.15, -0.1) is 0 Å². The quantitative estimate of drug-likeness (QED) is 0.609. The highest BCUT2D eigenvalue weighted by atomic mass is 16.5. The maximum atomic E-state index is 12.5. The van der Waals surface area contributed by atoms with E-state index >= 15 is 0 Å². The van der Waals surface area contributed by atoms with Crippen LogP contribution in [0.5, 0.6) is 5.75 Å². The number of rotatable bonds is 6. The third-order valence-corrected chi connectivity index (χ3v) is 4.68. The molecule has 5 heteroatoms. The first-order valence-corrected chi connectivity index (χ1v) is 9.49. The van der Waals surface area contributed by atoms with E-state index in [1.54, 1.807) is 42.5 Å². The lowest BCUT2D eigenvalue weighted by molar-refractivity contribution is 0.101. The lowest BCUT2D eigenvalue weighted by Gasteiger charge is -2.10. The summed E-state index contributed by atoms with van der Waals surface area (Å²) in [7, 11) is 0. The van der Waals surface area contributed by atoms with Crippen LogP contribution in [0.25, 0.3) is 0 Å². The molecule has 3 aromatic carbocycles. The number of carbonyl (C=O) groups excluding carboxylic acids is 2. The zero-order valence-corrected chi connectivity index (χ0v) is 16.8. The lowest BCUT2D eigenvalue weighted by Crippen LogP contribution is -2.15. The van der Waals surface area contributed by atoms with Crippen LogP contribution in [0.2, 0.25) is 0 Å². The molecule has 3 rings (SSSR count). The number of hydrogen-bond acceptors (Lipinski definition) is 3. The largest absolute Gasteiger partial charge is 0.494 e. The average molecular weight is 388 g/mol. The van der Waals surface area contributed by atoms with Crippen LogP contribution in [0.1, 0.15) is 38.8 Å². The average Bonchev–Trinajstić information content (AvgIpc) is 2.72. The van der Waals surface area contributed by atoms with Crippen molar-refractivity contribution in [2.45, 2.75) is 20.8 Å². The molecule has 29 heavy (non-hydrogen) atoms. The molecule has 0 fully saturated rings. The normalized spacial score (nSPS) is 10.3. The van der Waals surface area contributed by atoms with E-state index in [1.165, 1.54) is 0 Å². The minimum absolute atomic E-state index is 0.169. The van der Waals surface area contributed by atoms with Crippen molar-refractivity contribution >= 4 is 23.2 Å². The molecule has 0 spiro atoms. The van der Waals surface area contributed by atoms with Gasteiger partial charge in [0.15, 0.2) is 0 Å². The first kappa shape index (κ1) is 20.1. The van der Waals surface area contributed by atoms with Crippen LogP contribution in [0.15, 0.2) is 66.7 Å². The third kappa shape index (κ3) is 5.02. The zero-order chi connectivity index (χ0) is 20.8. The van der Waals surface area contributed by atoms with Crippen molar-refractivity contribution in [3.8, 4) is 5.75 Å². The van der Waals surface area contributed by atoms with Crippen molar-refractivity contribution in [3.63, 3.8) is 0 Å². The van der Waals surface area contributed by atoms with E-state index in [9.17, 15) is 9.59 Å². The van der Waals surface area contributed by atoms with Gasteiger partial charge in [-0.05, 0) is 86.5 Å². The van der Waals surface area contributed by atoms with E-state index < -0.39 is 0 Å². The Balaban J connectivity index is 1.64. The molecule has 0 bridgehead atoms. The Bertz CT molecular complexity index is 1010. The van der Waals surface area contributed by atoms with Crippen molar-refractivity contribution in [3.05, 3.63) is 89.0 Å². The van der Waals surface area contributed by atoms with Crippen molar-refractivity contribution in [1.29, 1.82) is 0 Å². The highest BCUT2D eigenvalue weighted by Gasteiger charge is 2.11. The zero-order valence-electron chi connectivity index (χ0n) is 16.8. The SMILES string of the molecule is CCOc1ccc(NC(=O)c2ccc(NC(=O)c3cccc(C)c3C)cc2)cc1. The van der Waals surface area contributed by atoms with Crippen LogP contribution < -0.4 is 15.4 Å². The number of nitrogens with one attached hydrogen (secondary N) is 2. The van der Waals surface area contributed by atoms with Gasteiger partial charge in [0.05, 0.1) is 6.61 Å². The molecule has 0 unspecified atom stereocenters. The minimum atomic E-state index is -0.221. The first-order valence-electron chi connectivity index (χ1n) is 9.49. The van der Waals surface area contributed by atoms with Gasteiger partial charge in [-0.2, -0.15) is 0 Å². The smallest absolute Gasteiger partial charge is 0.255 e. The predicted octanol–water partition coefficient (Wildman–Crippen LogP) is 5.21. The second-order valence-electron chi connectivity index (χ2n) is 6.69. The summed E-state index contributed by atoms with van der Waals surface area (Å²) in [5.74, 6) is 0.369. The Labute approximate surface area is 170 Å². The van der Waals surface area contributed by atoms with E-state index in [1.807, 2.05) is 45.0 Å². The highest BCUT2D eigenvalue weighted by Crippen LogP contribution is 2.18. The van der Waals surface area contributed by atoms with E-state index in [2.05, 4.69) is 10.6 Å². The van der Waals surface area contributed by atoms with E-state index in [4.69, 9.17) is 4.74 Å². The van der Waals surface area contributed by atoms with Crippen LogP contribution in [0.4, 0.5) is 11.4 Å². The number of amides is 2. The Morgan fingerprint density at radius 3 is 2.00 bits per heavy atom. The van der Waals surface area contributed by atoms with Gasteiger partial charge in [0, 0.05) is 22.5 Å². The molecule has 0 aliphatic heterocycles. The van der Waals surface area contributed by atoms with Gasteiger partial charge in [-0.3, -0.25) is 9.59 Å². The number of anilines is 2. The second-order valence-corrected chi connectivity index (χ2v) is 6.69. The van der Waals surface area contributed by atoms with Crippen LogP contribution in [-0.4, -0.2) is 18.4 Å². The molecular formula is C24H24N2O3. The van der Waals surface area contributed by atoms with Gasteiger partial charge < -0.3 is 15.4 Å². The summed E-state index contributed by atoms with van der Waals surface area (Å²) in [4.78, 5) is 25.0. The number of ether oxygens (including phenoxy) is 1. The molecule has 3 aromatic rings. The van der Waals surface area contributed by atoms with Crippen LogP contribution >= 0.6 is 0 Å². The predicted molar refractivity (Wildman–Crippen MR) is 116 cm³/mol. The third-order valence-electron chi connectivity index (χ3n) is 4.68. The molecular weight excluding hydrogens is 364 g/mol. The molecule has 2 amide bonds. The van der Waals surface area contributed by atoms with Gasteiger partial charge >= 0.3 is 0 Å². The van der Waals surface area contributed by atoms with E-state index in [0.29, 0.717) is 29.1 Å². The van der Waals surface area contributed by atoms with Crippen molar-refractivity contribution in [1.82, 2.24) is 0 Å². The first-order chi connectivity index (χ1) is 14.0. The summed E-state index contributed by atoms with van der Waals surface area (Å²) < 4.78 is 5.39. The standard InChI is InChI=1S/C24H24N2O3/c1-4-29-21-14-12-20(13-15-21)25-23(27)18-8-10-19(11-9-18)26-24(28)22-7-5-6-16(2)17(22)3/h5-15H,4H2,1-3H3,(H,25,27)(H,26,28).